The highest BCUT2D eigenvalue weighted by atomic mass is 16.5. The number of hydrogen-bond donors (Lipinski definition) is 2. The first-order valence-electron chi connectivity index (χ1n) is 5.52. The average molecular weight is 224 g/mol. The number of rotatable bonds is 6. The third-order valence-corrected chi connectivity index (χ3v) is 2.83. The molecule has 0 amide bonds. The van der Waals surface area contributed by atoms with E-state index in [-0.39, 0.29) is 12.1 Å². The van der Waals surface area contributed by atoms with E-state index >= 15 is 0 Å². The van der Waals surface area contributed by atoms with E-state index in [1.165, 1.54) is 0 Å². The zero-order valence-electron chi connectivity index (χ0n) is 10.2. The molecule has 0 bridgehead atoms. The maximum atomic E-state index is 9.03. The third-order valence-electron chi connectivity index (χ3n) is 2.83. The summed E-state index contributed by atoms with van der Waals surface area (Å²) in [4.78, 5) is 4.05. The Morgan fingerprint density at radius 3 is 2.88 bits per heavy atom. The number of anilines is 1. The van der Waals surface area contributed by atoms with Crippen molar-refractivity contribution in [2.75, 3.05) is 19.0 Å². The van der Waals surface area contributed by atoms with Crippen molar-refractivity contribution >= 4 is 5.69 Å². The van der Waals surface area contributed by atoms with Gasteiger partial charge in [-0.05, 0) is 25.8 Å². The van der Waals surface area contributed by atoms with Crippen molar-refractivity contribution in [3.8, 4) is 5.88 Å². The molecule has 4 nitrogen and oxygen atoms in total. The Kier molecular flexibility index (Phi) is 4.55. The summed E-state index contributed by atoms with van der Waals surface area (Å²) in [5.41, 5.74) is 0.867. The summed E-state index contributed by atoms with van der Waals surface area (Å²) < 4.78 is 5.06. The molecule has 0 saturated heterocycles. The second-order valence-electron chi connectivity index (χ2n) is 4.10. The third kappa shape index (κ3) is 3.38. The lowest BCUT2D eigenvalue weighted by atomic mass is 9.94. The molecule has 1 aromatic heterocycles. The summed E-state index contributed by atoms with van der Waals surface area (Å²) in [5.74, 6) is 0.590. The Labute approximate surface area is 96.7 Å². The van der Waals surface area contributed by atoms with Crippen LogP contribution in [0.5, 0.6) is 5.88 Å². The lowest BCUT2D eigenvalue weighted by Gasteiger charge is -2.30. The molecule has 1 atom stereocenters. The number of aliphatic hydroxyl groups is 1. The smallest absolute Gasteiger partial charge is 0.214 e. The number of nitrogens with one attached hydrogen (secondary N) is 1. The minimum Gasteiger partial charge on any atom is -0.481 e. The van der Waals surface area contributed by atoms with Gasteiger partial charge in [0, 0.05) is 30.1 Å². The van der Waals surface area contributed by atoms with Gasteiger partial charge in [0.1, 0.15) is 0 Å². The van der Waals surface area contributed by atoms with Crippen LogP contribution in [0.15, 0.2) is 18.3 Å². The van der Waals surface area contributed by atoms with Crippen molar-refractivity contribution in [2.24, 2.45) is 0 Å². The fourth-order valence-electron chi connectivity index (χ4n) is 1.52. The van der Waals surface area contributed by atoms with Gasteiger partial charge >= 0.3 is 0 Å². The van der Waals surface area contributed by atoms with E-state index in [1.807, 2.05) is 12.1 Å². The molecule has 2 N–H and O–H groups in total. The molecule has 16 heavy (non-hydrogen) atoms. The Bertz CT molecular complexity index is 331. The number of pyridine rings is 1. The molecule has 0 saturated carbocycles. The molecule has 0 radical (unpaired) electrons. The molecule has 0 aliphatic heterocycles. The van der Waals surface area contributed by atoms with Gasteiger partial charge in [-0.15, -0.1) is 0 Å². The van der Waals surface area contributed by atoms with E-state index in [1.54, 1.807) is 13.3 Å². The molecule has 0 aromatic carbocycles. The number of aromatic nitrogens is 1. The second kappa shape index (κ2) is 5.70. The molecule has 90 valence electrons. The van der Waals surface area contributed by atoms with Crippen molar-refractivity contribution in [1.29, 1.82) is 0 Å². The topological polar surface area (TPSA) is 54.4 Å². The lowest BCUT2D eigenvalue weighted by Crippen LogP contribution is -2.34. The van der Waals surface area contributed by atoms with E-state index in [2.05, 4.69) is 24.1 Å². The van der Waals surface area contributed by atoms with Crippen LogP contribution in [0.25, 0.3) is 0 Å². The molecule has 1 rings (SSSR count). The predicted octanol–water partition coefficient (Wildman–Crippen LogP) is 2.05. The maximum absolute atomic E-state index is 9.03. The van der Waals surface area contributed by atoms with Gasteiger partial charge in [-0.2, -0.15) is 0 Å². The summed E-state index contributed by atoms with van der Waals surface area (Å²) in [6.07, 6.45) is 3.36. The predicted molar refractivity (Wildman–Crippen MR) is 64.8 cm³/mol. The van der Waals surface area contributed by atoms with Crippen molar-refractivity contribution in [1.82, 2.24) is 4.98 Å². The number of hydrogen-bond acceptors (Lipinski definition) is 4. The Morgan fingerprint density at radius 1 is 1.56 bits per heavy atom. The van der Waals surface area contributed by atoms with Crippen LogP contribution in [0.4, 0.5) is 5.69 Å². The first kappa shape index (κ1) is 12.8. The summed E-state index contributed by atoms with van der Waals surface area (Å²) in [6, 6.07) is 3.75. The quantitative estimate of drug-likeness (QED) is 0.776. The van der Waals surface area contributed by atoms with Crippen LogP contribution in [0.1, 0.15) is 26.7 Å². The fraction of sp³-hybridized carbons (Fsp3) is 0.583. The van der Waals surface area contributed by atoms with E-state index in [4.69, 9.17) is 9.84 Å². The SMILES string of the molecule is CCC(C)(CCO)Nc1ccnc(OC)c1. The molecule has 1 aromatic rings. The number of nitrogens with zero attached hydrogens (tertiary/aromatic N) is 1. The first-order valence-corrected chi connectivity index (χ1v) is 5.52. The molecule has 0 fully saturated rings. The monoisotopic (exact) mass is 224 g/mol. The van der Waals surface area contributed by atoms with Gasteiger partial charge in [0.15, 0.2) is 0 Å². The Morgan fingerprint density at radius 2 is 2.31 bits per heavy atom. The van der Waals surface area contributed by atoms with Crippen molar-refractivity contribution in [2.45, 2.75) is 32.2 Å². The highest BCUT2D eigenvalue weighted by Gasteiger charge is 2.20. The van der Waals surface area contributed by atoms with Crippen LogP contribution in [0.3, 0.4) is 0 Å². The average Bonchev–Trinajstić information content (AvgIpc) is 2.29. The molecule has 0 spiro atoms. The summed E-state index contributed by atoms with van der Waals surface area (Å²) in [7, 11) is 1.60. The lowest BCUT2D eigenvalue weighted by molar-refractivity contribution is 0.252. The van der Waals surface area contributed by atoms with Gasteiger partial charge in [-0.3, -0.25) is 0 Å². The van der Waals surface area contributed by atoms with Crippen molar-refractivity contribution < 1.29 is 9.84 Å². The molecule has 4 heteroatoms. The highest BCUT2D eigenvalue weighted by Crippen LogP contribution is 2.23. The van der Waals surface area contributed by atoms with Crippen molar-refractivity contribution in [3.05, 3.63) is 18.3 Å². The minimum atomic E-state index is -0.0961. The van der Waals surface area contributed by atoms with E-state index in [0.29, 0.717) is 12.3 Å². The van der Waals surface area contributed by atoms with Crippen LogP contribution in [0, 0.1) is 0 Å². The van der Waals surface area contributed by atoms with Crippen LogP contribution >= 0.6 is 0 Å². The molecule has 1 heterocycles. The van der Waals surface area contributed by atoms with Crippen LogP contribution in [0.2, 0.25) is 0 Å². The summed E-state index contributed by atoms with van der Waals surface area (Å²) in [6.45, 7) is 4.37. The maximum Gasteiger partial charge on any atom is 0.214 e. The molecular weight excluding hydrogens is 204 g/mol. The summed E-state index contributed by atoms with van der Waals surface area (Å²) in [5, 5.41) is 12.4. The van der Waals surface area contributed by atoms with Gasteiger partial charge in [-0.1, -0.05) is 6.92 Å². The van der Waals surface area contributed by atoms with Gasteiger partial charge in [0.2, 0.25) is 5.88 Å². The largest absolute Gasteiger partial charge is 0.481 e. The normalized spacial score (nSPS) is 14.2. The number of aliphatic hydroxyl groups excluding tert-OH is 1. The second-order valence-corrected chi connectivity index (χ2v) is 4.10. The van der Waals surface area contributed by atoms with Crippen LogP contribution < -0.4 is 10.1 Å². The summed E-state index contributed by atoms with van der Waals surface area (Å²) >= 11 is 0. The van der Waals surface area contributed by atoms with Crippen LogP contribution in [-0.4, -0.2) is 29.3 Å². The fourth-order valence-corrected chi connectivity index (χ4v) is 1.52. The highest BCUT2D eigenvalue weighted by molar-refractivity contribution is 5.47. The molecule has 1 unspecified atom stereocenters. The zero-order chi connectivity index (χ0) is 12.0. The minimum absolute atomic E-state index is 0.0961. The molecular formula is C12H20N2O2. The van der Waals surface area contributed by atoms with E-state index < -0.39 is 0 Å². The van der Waals surface area contributed by atoms with Crippen LogP contribution in [-0.2, 0) is 0 Å². The number of methoxy groups -OCH3 is 1. The number of ether oxygens (including phenoxy) is 1. The molecule has 0 aliphatic carbocycles. The van der Waals surface area contributed by atoms with Gasteiger partial charge in [-0.25, -0.2) is 4.98 Å². The Hall–Kier alpha value is -1.29. The van der Waals surface area contributed by atoms with Crippen molar-refractivity contribution in [3.63, 3.8) is 0 Å². The standard InChI is InChI=1S/C12H20N2O2/c1-4-12(2,6-8-15)14-10-5-7-13-11(9-10)16-3/h5,7,9,15H,4,6,8H2,1-3H3,(H,13,14). The van der Waals surface area contributed by atoms with Gasteiger partial charge < -0.3 is 15.2 Å². The van der Waals surface area contributed by atoms with E-state index in [9.17, 15) is 0 Å². The molecule has 0 aliphatic rings. The van der Waals surface area contributed by atoms with Gasteiger partial charge in [0.25, 0.3) is 0 Å². The zero-order valence-corrected chi connectivity index (χ0v) is 10.2. The van der Waals surface area contributed by atoms with E-state index in [0.717, 1.165) is 12.1 Å². The first-order chi connectivity index (χ1) is 7.63. The van der Waals surface area contributed by atoms with Gasteiger partial charge in [0.05, 0.1) is 7.11 Å². The Balaban J connectivity index is 2.77.